The summed E-state index contributed by atoms with van der Waals surface area (Å²) >= 11 is 0. The van der Waals surface area contributed by atoms with E-state index in [1.54, 1.807) is 0 Å². The predicted octanol–water partition coefficient (Wildman–Crippen LogP) is -0.881. The molecule has 0 spiro atoms. The smallest absolute Gasteiger partial charge is 0.00798 e. The van der Waals surface area contributed by atoms with Crippen LogP contribution < -0.4 is 5.73 Å². The van der Waals surface area contributed by atoms with E-state index in [4.69, 9.17) is 5.73 Å². The van der Waals surface area contributed by atoms with Crippen LogP contribution >= 0.6 is 0 Å². The zero-order valence-electron chi connectivity index (χ0n) is 3.86. The van der Waals surface area contributed by atoms with Gasteiger partial charge in [-0.05, 0) is 12.1 Å². The third kappa shape index (κ3) is 4.18. The Balaban J connectivity index is 2.54. The Labute approximate surface area is 36.0 Å². The number of rotatable bonds is 1. The van der Waals surface area contributed by atoms with Crippen LogP contribution in [0.5, 0.6) is 0 Å². The summed E-state index contributed by atoms with van der Waals surface area (Å²) in [5.41, 5.74) is 6.01. The average Bonchev–Trinajstić information content (AvgIpc) is 1.38. The minimum atomic E-state index is 0.801. The molecule has 32 valence electrons. The second kappa shape index (κ2) is 2.42. The van der Waals surface area contributed by atoms with Crippen LogP contribution in [0.3, 0.4) is 0 Å². The van der Waals surface area contributed by atoms with E-state index in [0.717, 1.165) is 12.1 Å². The summed E-state index contributed by atoms with van der Waals surface area (Å²) in [5.74, 6) is 0. The Morgan fingerprint density at radius 2 is 2.20 bits per heavy atom. The van der Waals surface area contributed by atoms with Crippen LogP contribution in [-0.2, 0) is 0 Å². The number of hydrogen-bond acceptors (Lipinski definition) is 1. The van der Waals surface area contributed by atoms with Crippen LogP contribution in [0.25, 0.3) is 0 Å². The summed E-state index contributed by atoms with van der Waals surface area (Å²) in [6, 6.07) is 0. The lowest BCUT2D eigenvalue weighted by Gasteiger charge is -1.90. The van der Waals surface area contributed by atoms with Gasteiger partial charge in [-0.2, -0.15) is 0 Å². The molecule has 2 N–H and O–H groups in total. The van der Waals surface area contributed by atoms with E-state index in [0.29, 0.717) is 0 Å². The van der Waals surface area contributed by atoms with Crippen molar-refractivity contribution in [2.24, 2.45) is 5.73 Å². The topological polar surface area (TPSA) is 26.0 Å². The first-order valence-corrected chi connectivity index (χ1v) is 3.13. The van der Waals surface area contributed by atoms with Crippen LogP contribution in [0.15, 0.2) is 0 Å². The van der Waals surface area contributed by atoms with Gasteiger partial charge in [0.25, 0.3) is 0 Å². The molecule has 0 aliphatic carbocycles. The maximum atomic E-state index is 5.21. The summed E-state index contributed by atoms with van der Waals surface area (Å²) in [6.45, 7) is 3.03. The molecule has 2 heteroatoms. The van der Waals surface area contributed by atoms with E-state index in [2.05, 4.69) is 6.92 Å². The molecule has 1 nitrogen and oxygen atoms in total. The molecule has 1 unspecified atom stereocenters. The van der Waals surface area contributed by atoms with Crippen LogP contribution in [0.2, 0.25) is 5.54 Å². The molecule has 0 radical (unpaired) electrons. The monoisotopic (exact) mass is 89.1 g/mol. The van der Waals surface area contributed by atoms with Gasteiger partial charge in [0.1, 0.15) is 0 Å². The first kappa shape index (κ1) is 5.18. The van der Waals surface area contributed by atoms with Crippen molar-refractivity contribution in [3.63, 3.8) is 0 Å². The molecule has 0 bridgehead atoms. The Bertz CT molecular complexity index is 20.9. The molecule has 0 aromatic rings. The third-order valence-electron chi connectivity index (χ3n) is 0.471. The standard InChI is InChI=1S/C3H11NSi/c1-3(5)2-4/h3H,2,4H2,1,5H3. The average molecular weight is 89.2 g/mol. The lowest BCUT2D eigenvalue weighted by Crippen LogP contribution is -2.03. The van der Waals surface area contributed by atoms with Crippen molar-refractivity contribution in [2.45, 2.75) is 12.5 Å². The normalized spacial score (nSPS) is 15.6. The lowest BCUT2D eigenvalue weighted by atomic mass is 10.5. The molecule has 0 aliphatic heterocycles. The Hall–Kier alpha value is 0.177. The zero-order valence-corrected chi connectivity index (χ0v) is 5.86. The summed E-state index contributed by atoms with van der Waals surface area (Å²) in [7, 11) is 1.24. The van der Waals surface area contributed by atoms with Gasteiger partial charge in [0.15, 0.2) is 0 Å². The summed E-state index contributed by atoms with van der Waals surface area (Å²) < 4.78 is 0. The first-order valence-electron chi connectivity index (χ1n) is 1.97. The van der Waals surface area contributed by atoms with Crippen molar-refractivity contribution in [3.05, 3.63) is 0 Å². The Morgan fingerprint density at radius 1 is 2.00 bits per heavy atom. The van der Waals surface area contributed by atoms with Crippen molar-refractivity contribution in [3.8, 4) is 0 Å². The van der Waals surface area contributed by atoms with E-state index in [1.165, 1.54) is 10.2 Å². The molecule has 0 aromatic heterocycles. The highest BCUT2D eigenvalue weighted by Crippen LogP contribution is 1.84. The van der Waals surface area contributed by atoms with Gasteiger partial charge in [-0.1, -0.05) is 6.92 Å². The summed E-state index contributed by atoms with van der Waals surface area (Å²) in [5, 5.41) is 0. The van der Waals surface area contributed by atoms with Crippen LogP contribution in [0.4, 0.5) is 0 Å². The van der Waals surface area contributed by atoms with Gasteiger partial charge < -0.3 is 5.73 Å². The largest absolute Gasteiger partial charge is 0.331 e. The van der Waals surface area contributed by atoms with Gasteiger partial charge in [0.05, 0.1) is 0 Å². The highest BCUT2D eigenvalue weighted by atomic mass is 28.1. The van der Waals surface area contributed by atoms with E-state index < -0.39 is 0 Å². The maximum Gasteiger partial charge on any atom is 0.00798 e. The molecular weight excluding hydrogens is 78.1 g/mol. The van der Waals surface area contributed by atoms with Crippen molar-refractivity contribution in [1.29, 1.82) is 0 Å². The van der Waals surface area contributed by atoms with Crippen molar-refractivity contribution >= 4 is 10.2 Å². The third-order valence-corrected chi connectivity index (χ3v) is 0.943. The van der Waals surface area contributed by atoms with Gasteiger partial charge in [-0.15, -0.1) is 0 Å². The van der Waals surface area contributed by atoms with Gasteiger partial charge in [0.2, 0.25) is 0 Å². The number of nitrogens with two attached hydrogens (primary N) is 1. The van der Waals surface area contributed by atoms with Gasteiger partial charge >= 0.3 is 0 Å². The second-order valence-electron chi connectivity index (χ2n) is 1.63. The molecule has 0 saturated carbocycles. The molecule has 0 saturated heterocycles. The maximum absolute atomic E-state index is 5.21. The van der Waals surface area contributed by atoms with Crippen LogP contribution in [-0.4, -0.2) is 16.8 Å². The van der Waals surface area contributed by atoms with E-state index >= 15 is 0 Å². The Morgan fingerprint density at radius 3 is 2.20 bits per heavy atom. The Kier molecular flexibility index (Phi) is 2.50. The van der Waals surface area contributed by atoms with Crippen molar-refractivity contribution < 1.29 is 0 Å². The molecule has 0 aromatic carbocycles. The molecule has 0 aliphatic rings. The molecule has 1 atom stereocenters. The SMILES string of the molecule is CC([SiH3])CN. The molecular formula is C3H11NSi. The first-order chi connectivity index (χ1) is 2.27. The van der Waals surface area contributed by atoms with E-state index in [-0.39, 0.29) is 0 Å². The molecule has 0 fully saturated rings. The number of hydrogen-bond donors (Lipinski definition) is 1. The van der Waals surface area contributed by atoms with Crippen LogP contribution in [0, 0.1) is 0 Å². The second-order valence-corrected chi connectivity index (χ2v) is 3.60. The quantitative estimate of drug-likeness (QED) is 0.415. The minimum absolute atomic E-state index is 0.801. The fourth-order valence-electron chi connectivity index (χ4n) is 0. The summed E-state index contributed by atoms with van der Waals surface area (Å²) in [6.07, 6.45) is 0. The minimum Gasteiger partial charge on any atom is -0.331 e. The molecule has 0 amide bonds. The predicted molar refractivity (Wildman–Crippen MR) is 28.4 cm³/mol. The van der Waals surface area contributed by atoms with Gasteiger partial charge in [-0.3, -0.25) is 0 Å². The van der Waals surface area contributed by atoms with E-state index in [1.807, 2.05) is 0 Å². The van der Waals surface area contributed by atoms with Gasteiger partial charge in [0, 0.05) is 10.2 Å². The lowest BCUT2D eigenvalue weighted by molar-refractivity contribution is 0.926. The zero-order chi connectivity index (χ0) is 4.28. The van der Waals surface area contributed by atoms with Crippen LogP contribution in [0.1, 0.15) is 6.92 Å². The fourth-order valence-corrected chi connectivity index (χ4v) is 0. The van der Waals surface area contributed by atoms with Crippen molar-refractivity contribution in [1.82, 2.24) is 0 Å². The summed E-state index contributed by atoms with van der Waals surface area (Å²) in [4.78, 5) is 0. The highest BCUT2D eigenvalue weighted by molar-refractivity contribution is 6.11. The molecule has 5 heavy (non-hydrogen) atoms. The van der Waals surface area contributed by atoms with E-state index in [9.17, 15) is 0 Å². The molecule has 0 heterocycles. The van der Waals surface area contributed by atoms with Crippen molar-refractivity contribution in [2.75, 3.05) is 6.54 Å². The molecule has 0 rings (SSSR count). The van der Waals surface area contributed by atoms with Gasteiger partial charge in [-0.25, -0.2) is 0 Å². The highest BCUT2D eigenvalue weighted by Gasteiger charge is 1.80. The fraction of sp³-hybridized carbons (Fsp3) is 1.00.